The van der Waals surface area contributed by atoms with Crippen molar-refractivity contribution in [2.45, 2.75) is 32.6 Å². The number of unbranched alkanes of at least 4 members (excludes halogenated alkanes) is 2. The second kappa shape index (κ2) is 17.1. The van der Waals surface area contributed by atoms with Crippen molar-refractivity contribution in [1.29, 1.82) is 0 Å². The molecule has 53 heavy (non-hydrogen) atoms. The standard InChI is InChI=1S/C40H52N8O5/c1-28-13-16-33(35(26-28)53-25-8-6-7-12-36(49)47-21-17-44(2)18-22-47)46(4)39(51)29-14-15-30(34(27-29)52-5)38(50)41-31-10-9-11-32-37(31)43-40(42-32)48-23-19-45(3)20-24-48/h9-11,13-16,26-27H,6-8,12,17-25H2,1-5H3,(H,41,50)(H,42,43). The number of benzene rings is 3. The van der Waals surface area contributed by atoms with Crippen molar-refractivity contribution < 1.29 is 23.9 Å². The number of aryl methyl sites for hydroxylation is 1. The summed E-state index contributed by atoms with van der Waals surface area (Å²) < 4.78 is 11.8. The summed E-state index contributed by atoms with van der Waals surface area (Å²) in [7, 11) is 7.38. The maximum atomic E-state index is 13.8. The van der Waals surface area contributed by atoms with Crippen LogP contribution in [0.5, 0.6) is 11.5 Å². The number of hydrogen-bond donors (Lipinski definition) is 2. The number of methoxy groups -OCH3 is 1. The lowest BCUT2D eigenvalue weighted by molar-refractivity contribution is -0.132. The number of hydrogen-bond acceptors (Lipinski definition) is 9. The van der Waals surface area contributed by atoms with Gasteiger partial charge in [0.25, 0.3) is 11.8 Å². The fourth-order valence-electron chi connectivity index (χ4n) is 6.76. The molecule has 4 aromatic rings. The Morgan fingerprint density at radius 3 is 2.34 bits per heavy atom. The van der Waals surface area contributed by atoms with Crippen LogP contribution in [-0.4, -0.2) is 130 Å². The average Bonchev–Trinajstić information content (AvgIpc) is 3.61. The summed E-state index contributed by atoms with van der Waals surface area (Å²) in [5, 5.41) is 3.00. The number of anilines is 3. The number of aromatic nitrogens is 2. The average molecular weight is 725 g/mol. The van der Waals surface area contributed by atoms with Crippen LogP contribution in [0.4, 0.5) is 17.3 Å². The molecule has 0 spiro atoms. The van der Waals surface area contributed by atoms with E-state index < -0.39 is 0 Å². The first kappa shape index (κ1) is 37.6. The van der Waals surface area contributed by atoms with Crippen LogP contribution in [0.25, 0.3) is 11.0 Å². The van der Waals surface area contributed by atoms with Crippen LogP contribution < -0.4 is 24.6 Å². The highest BCUT2D eigenvalue weighted by Gasteiger charge is 2.23. The van der Waals surface area contributed by atoms with E-state index in [4.69, 9.17) is 14.5 Å². The molecule has 1 aromatic heterocycles. The fourth-order valence-corrected chi connectivity index (χ4v) is 6.76. The van der Waals surface area contributed by atoms with Gasteiger partial charge in [0.05, 0.1) is 36.2 Å². The molecule has 282 valence electrons. The summed E-state index contributed by atoms with van der Waals surface area (Å²) in [6.45, 7) is 9.56. The zero-order chi connectivity index (χ0) is 37.5. The number of para-hydroxylation sites is 1. The molecule has 2 aliphatic heterocycles. The third-order valence-electron chi connectivity index (χ3n) is 10.2. The lowest BCUT2D eigenvalue weighted by Crippen LogP contribution is -2.47. The van der Waals surface area contributed by atoms with E-state index in [1.54, 1.807) is 30.1 Å². The minimum Gasteiger partial charge on any atom is -0.496 e. The molecule has 13 heteroatoms. The highest BCUT2D eigenvalue weighted by molar-refractivity contribution is 6.11. The van der Waals surface area contributed by atoms with E-state index in [-0.39, 0.29) is 23.5 Å². The van der Waals surface area contributed by atoms with Gasteiger partial charge in [0.2, 0.25) is 11.9 Å². The third kappa shape index (κ3) is 9.09. The summed E-state index contributed by atoms with van der Waals surface area (Å²) in [6.07, 6.45) is 3.05. The van der Waals surface area contributed by atoms with Crippen molar-refractivity contribution >= 4 is 46.1 Å². The molecule has 3 aromatic carbocycles. The van der Waals surface area contributed by atoms with E-state index in [1.807, 2.05) is 48.2 Å². The Balaban J connectivity index is 1.07. The number of nitrogens with one attached hydrogen (secondary N) is 2. The number of carbonyl (C=O) groups is 3. The zero-order valence-electron chi connectivity index (χ0n) is 31.6. The number of aromatic amines is 1. The Hall–Kier alpha value is -5.14. The van der Waals surface area contributed by atoms with E-state index in [0.29, 0.717) is 46.8 Å². The first-order valence-corrected chi connectivity index (χ1v) is 18.5. The number of H-pyrrole nitrogens is 1. The molecule has 0 radical (unpaired) electrons. The van der Waals surface area contributed by atoms with Gasteiger partial charge in [-0.2, -0.15) is 0 Å². The highest BCUT2D eigenvalue weighted by atomic mass is 16.5. The minimum absolute atomic E-state index is 0.229. The Bertz CT molecular complexity index is 1910. The van der Waals surface area contributed by atoms with Gasteiger partial charge in [-0.15, -0.1) is 0 Å². The van der Waals surface area contributed by atoms with E-state index in [1.165, 1.54) is 7.11 Å². The molecule has 2 N–H and O–H groups in total. The van der Waals surface area contributed by atoms with Gasteiger partial charge in [-0.25, -0.2) is 4.98 Å². The van der Waals surface area contributed by atoms with Gasteiger partial charge in [0.15, 0.2) is 0 Å². The molecule has 0 atom stereocenters. The van der Waals surface area contributed by atoms with Crippen LogP contribution >= 0.6 is 0 Å². The molecule has 2 aliphatic rings. The van der Waals surface area contributed by atoms with Crippen molar-refractivity contribution in [2.75, 3.05) is 102 Å². The number of imidazole rings is 1. The third-order valence-corrected chi connectivity index (χ3v) is 10.2. The van der Waals surface area contributed by atoms with Crippen molar-refractivity contribution in [1.82, 2.24) is 24.7 Å². The SMILES string of the molecule is COc1cc(C(=O)N(C)c2ccc(C)cc2OCCCCCC(=O)N2CCN(C)CC2)ccc1C(=O)Nc1cccc2[nH]c(N3CCN(C)CC3)nc12. The van der Waals surface area contributed by atoms with Crippen LogP contribution in [-0.2, 0) is 4.79 Å². The quantitative estimate of drug-likeness (QED) is 0.186. The van der Waals surface area contributed by atoms with Crippen LogP contribution in [0, 0.1) is 6.92 Å². The molecule has 0 aliphatic carbocycles. The predicted octanol–water partition coefficient (Wildman–Crippen LogP) is 4.87. The second-order valence-electron chi connectivity index (χ2n) is 14.1. The number of rotatable bonds is 13. The van der Waals surface area contributed by atoms with Gasteiger partial charge in [0, 0.05) is 71.4 Å². The van der Waals surface area contributed by atoms with E-state index in [2.05, 4.69) is 39.1 Å². The molecule has 13 nitrogen and oxygen atoms in total. The molecular formula is C40H52N8O5. The van der Waals surface area contributed by atoms with Gasteiger partial charge in [-0.05, 0) is 88.3 Å². The van der Waals surface area contributed by atoms with E-state index in [0.717, 1.165) is 88.6 Å². The number of likely N-dealkylation sites (N-methyl/N-ethyl adjacent to an activating group) is 2. The van der Waals surface area contributed by atoms with Gasteiger partial charge in [-0.1, -0.05) is 12.1 Å². The maximum absolute atomic E-state index is 13.8. The second-order valence-corrected chi connectivity index (χ2v) is 14.1. The summed E-state index contributed by atoms with van der Waals surface area (Å²) in [5.41, 5.74) is 4.40. The van der Waals surface area contributed by atoms with Crippen molar-refractivity contribution in [2.24, 2.45) is 0 Å². The van der Waals surface area contributed by atoms with Gasteiger partial charge < -0.3 is 44.3 Å². The topological polar surface area (TPSA) is 127 Å². The summed E-state index contributed by atoms with van der Waals surface area (Å²) in [5.74, 6) is 1.26. The van der Waals surface area contributed by atoms with E-state index in [9.17, 15) is 14.4 Å². The van der Waals surface area contributed by atoms with Crippen LogP contribution in [0.3, 0.4) is 0 Å². The van der Waals surface area contributed by atoms with Gasteiger partial charge in [0.1, 0.15) is 17.0 Å². The molecular weight excluding hydrogens is 672 g/mol. The van der Waals surface area contributed by atoms with E-state index >= 15 is 0 Å². The zero-order valence-corrected chi connectivity index (χ0v) is 31.6. The Morgan fingerprint density at radius 1 is 0.868 bits per heavy atom. The first-order chi connectivity index (χ1) is 25.6. The molecule has 6 rings (SSSR count). The Labute approximate surface area is 311 Å². The van der Waals surface area contributed by atoms with Crippen LogP contribution in [0.15, 0.2) is 54.6 Å². The van der Waals surface area contributed by atoms with Crippen molar-refractivity contribution in [3.63, 3.8) is 0 Å². The van der Waals surface area contributed by atoms with Crippen molar-refractivity contribution in [3.8, 4) is 11.5 Å². The van der Waals surface area contributed by atoms with Gasteiger partial charge >= 0.3 is 0 Å². The van der Waals surface area contributed by atoms with Crippen molar-refractivity contribution in [3.05, 3.63) is 71.3 Å². The summed E-state index contributed by atoms with van der Waals surface area (Å²) in [4.78, 5) is 58.5. The lowest BCUT2D eigenvalue weighted by Gasteiger charge is -2.32. The number of nitrogens with zero attached hydrogens (tertiary/aromatic N) is 6. The Kier molecular flexibility index (Phi) is 12.2. The monoisotopic (exact) mass is 724 g/mol. The number of fused-ring (bicyclic) bond motifs is 1. The fraction of sp³-hybridized carbons (Fsp3) is 0.450. The number of piperazine rings is 2. The number of amides is 3. The molecule has 0 unspecified atom stereocenters. The van der Waals surface area contributed by atoms with Crippen LogP contribution in [0.1, 0.15) is 52.0 Å². The summed E-state index contributed by atoms with van der Waals surface area (Å²) in [6, 6.07) is 16.2. The smallest absolute Gasteiger partial charge is 0.259 e. The number of ether oxygens (including phenoxy) is 2. The number of carbonyl (C=O) groups excluding carboxylic acids is 3. The molecule has 0 bridgehead atoms. The highest BCUT2D eigenvalue weighted by Crippen LogP contribution is 2.32. The molecule has 2 fully saturated rings. The molecule has 0 saturated carbocycles. The molecule has 2 saturated heterocycles. The maximum Gasteiger partial charge on any atom is 0.259 e. The summed E-state index contributed by atoms with van der Waals surface area (Å²) >= 11 is 0. The lowest BCUT2D eigenvalue weighted by atomic mass is 10.1. The first-order valence-electron chi connectivity index (χ1n) is 18.5. The normalized spacial score (nSPS) is 15.4. The molecule has 3 heterocycles. The molecule has 3 amide bonds. The predicted molar refractivity (Wildman–Crippen MR) is 209 cm³/mol. The van der Waals surface area contributed by atoms with Gasteiger partial charge in [-0.3, -0.25) is 14.4 Å². The largest absolute Gasteiger partial charge is 0.496 e. The van der Waals surface area contributed by atoms with Crippen LogP contribution in [0.2, 0.25) is 0 Å². The minimum atomic E-state index is -0.372. The Morgan fingerprint density at radius 2 is 1.60 bits per heavy atom.